The van der Waals surface area contributed by atoms with Crippen LogP contribution >= 0.6 is 11.6 Å². The highest BCUT2D eigenvalue weighted by Gasteiger charge is 2.56. The van der Waals surface area contributed by atoms with Crippen LogP contribution in [0.1, 0.15) is 37.1 Å². The quantitative estimate of drug-likeness (QED) is 0.469. The van der Waals surface area contributed by atoms with Gasteiger partial charge in [-0.25, -0.2) is 4.98 Å². The van der Waals surface area contributed by atoms with Gasteiger partial charge in [-0.05, 0) is 54.2 Å². The van der Waals surface area contributed by atoms with Gasteiger partial charge >= 0.3 is 6.18 Å². The molecule has 34 heavy (non-hydrogen) atoms. The lowest BCUT2D eigenvalue weighted by Gasteiger charge is -2.38. The summed E-state index contributed by atoms with van der Waals surface area (Å²) in [6.45, 7) is 7.87. The second-order valence-corrected chi connectivity index (χ2v) is 10.2. The first-order chi connectivity index (χ1) is 15.9. The van der Waals surface area contributed by atoms with E-state index < -0.39 is 30.0 Å². The third-order valence-electron chi connectivity index (χ3n) is 6.56. The second kappa shape index (κ2) is 9.06. The van der Waals surface area contributed by atoms with Gasteiger partial charge in [0.25, 0.3) is 0 Å². The van der Waals surface area contributed by atoms with E-state index in [4.69, 9.17) is 16.3 Å². The number of alkyl halides is 3. The van der Waals surface area contributed by atoms with Crippen LogP contribution < -0.4 is 4.90 Å². The number of morpholine rings is 1. The number of aliphatic hydroxyl groups is 1. The maximum Gasteiger partial charge on any atom is 0.417 e. The Balaban J connectivity index is 1.63. The Morgan fingerprint density at radius 3 is 2.53 bits per heavy atom. The molecule has 1 fully saturated rings. The molecule has 0 radical (unpaired) electrons. The van der Waals surface area contributed by atoms with Crippen LogP contribution in [0, 0.1) is 6.92 Å². The molecule has 1 aliphatic rings. The lowest BCUT2D eigenvalue weighted by atomic mass is 9.72. The fraction of sp³-hybridized carbons (Fsp3) is 0.480. The molecule has 0 bridgehead atoms. The van der Waals surface area contributed by atoms with Gasteiger partial charge in [-0.1, -0.05) is 31.5 Å². The number of nitrogens with one attached hydrogen (secondary N) is 1. The van der Waals surface area contributed by atoms with Crippen LogP contribution in [-0.4, -0.2) is 53.2 Å². The SMILES string of the molecule is Cc1ccc(Cl)cc1C(C)(C)CC(O)(Cc1cc2cc(N3CCOCC3)ncc2[nH]1)C(F)(F)F. The number of rotatable bonds is 6. The summed E-state index contributed by atoms with van der Waals surface area (Å²) in [5.41, 5.74) is -1.48. The largest absolute Gasteiger partial charge is 0.417 e. The zero-order valence-electron chi connectivity index (χ0n) is 19.5. The summed E-state index contributed by atoms with van der Waals surface area (Å²) in [5, 5.41) is 12.2. The third-order valence-corrected chi connectivity index (χ3v) is 6.79. The molecule has 2 N–H and O–H groups in total. The van der Waals surface area contributed by atoms with Crippen LogP contribution in [-0.2, 0) is 16.6 Å². The summed E-state index contributed by atoms with van der Waals surface area (Å²) in [6.07, 6.45) is -4.32. The molecule has 2 aromatic heterocycles. The van der Waals surface area contributed by atoms with E-state index in [0.29, 0.717) is 48.1 Å². The van der Waals surface area contributed by atoms with Gasteiger partial charge in [0.15, 0.2) is 5.60 Å². The number of ether oxygens (including phenoxy) is 1. The number of benzene rings is 1. The van der Waals surface area contributed by atoms with Crippen molar-refractivity contribution >= 4 is 28.3 Å². The van der Waals surface area contributed by atoms with Crippen molar-refractivity contribution in [2.45, 2.75) is 50.8 Å². The highest BCUT2D eigenvalue weighted by molar-refractivity contribution is 6.30. The second-order valence-electron chi connectivity index (χ2n) is 9.75. The van der Waals surface area contributed by atoms with E-state index in [9.17, 15) is 18.3 Å². The average molecular weight is 496 g/mol. The lowest BCUT2D eigenvalue weighted by molar-refractivity contribution is -0.266. The molecule has 184 valence electrons. The van der Waals surface area contributed by atoms with Gasteiger partial charge < -0.3 is 19.7 Å². The zero-order chi connectivity index (χ0) is 24.7. The lowest BCUT2D eigenvalue weighted by Crippen LogP contribution is -2.51. The van der Waals surface area contributed by atoms with Crippen LogP contribution in [0.3, 0.4) is 0 Å². The van der Waals surface area contributed by atoms with Gasteiger partial charge in [-0.2, -0.15) is 13.2 Å². The first-order valence-electron chi connectivity index (χ1n) is 11.2. The fourth-order valence-electron chi connectivity index (χ4n) is 4.87. The predicted molar refractivity (Wildman–Crippen MR) is 128 cm³/mol. The number of halogens is 4. The van der Waals surface area contributed by atoms with Gasteiger partial charge in [0.1, 0.15) is 5.82 Å². The number of pyridine rings is 1. The molecule has 1 atom stereocenters. The normalized spacial score (nSPS) is 17.2. The molecule has 1 saturated heterocycles. The summed E-state index contributed by atoms with van der Waals surface area (Å²) in [4.78, 5) is 9.54. The molecule has 0 aliphatic carbocycles. The Labute approximate surface area is 201 Å². The Morgan fingerprint density at radius 1 is 1.15 bits per heavy atom. The minimum atomic E-state index is -4.83. The number of nitrogens with zero attached hydrogens (tertiary/aromatic N) is 2. The fourth-order valence-corrected chi connectivity index (χ4v) is 5.04. The monoisotopic (exact) mass is 495 g/mol. The van der Waals surface area contributed by atoms with Crippen LogP contribution in [0.4, 0.5) is 19.0 Å². The Hall–Kier alpha value is -2.29. The molecule has 1 unspecified atom stereocenters. The van der Waals surface area contributed by atoms with Crippen LogP contribution in [0.2, 0.25) is 5.02 Å². The van der Waals surface area contributed by atoms with Crippen molar-refractivity contribution in [3.05, 3.63) is 58.4 Å². The van der Waals surface area contributed by atoms with E-state index in [1.165, 1.54) is 0 Å². The summed E-state index contributed by atoms with van der Waals surface area (Å²) in [7, 11) is 0. The highest BCUT2D eigenvalue weighted by atomic mass is 35.5. The summed E-state index contributed by atoms with van der Waals surface area (Å²) < 4.78 is 48.1. The molecule has 1 aromatic carbocycles. The van der Waals surface area contributed by atoms with Gasteiger partial charge in [0, 0.05) is 35.6 Å². The van der Waals surface area contributed by atoms with Crippen molar-refractivity contribution in [3.63, 3.8) is 0 Å². The molecule has 3 heterocycles. The molecule has 9 heteroatoms. The number of hydrogen-bond acceptors (Lipinski definition) is 4. The Bertz CT molecular complexity index is 1170. The average Bonchev–Trinajstić information content (AvgIpc) is 3.15. The maximum atomic E-state index is 14.3. The number of H-pyrrole nitrogens is 1. The van der Waals surface area contributed by atoms with Crippen molar-refractivity contribution in [3.8, 4) is 0 Å². The topological polar surface area (TPSA) is 61.4 Å². The third kappa shape index (κ3) is 5.04. The molecule has 0 amide bonds. The molecule has 0 saturated carbocycles. The minimum absolute atomic E-state index is 0.300. The maximum absolute atomic E-state index is 14.3. The summed E-state index contributed by atoms with van der Waals surface area (Å²) in [5.74, 6) is 0.755. The van der Waals surface area contributed by atoms with Crippen molar-refractivity contribution in [2.24, 2.45) is 0 Å². The van der Waals surface area contributed by atoms with E-state index in [2.05, 4.69) is 14.9 Å². The summed E-state index contributed by atoms with van der Waals surface area (Å²) in [6, 6.07) is 8.68. The van der Waals surface area contributed by atoms with E-state index in [1.807, 2.05) is 13.0 Å². The van der Waals surface area contributed by atoms with Gasteiger partial charge in [-0.15, -0.1) is 0 Å². The minimum Gasteiger partial charge on any atom is -0.380 e. The number of hydrogen-bond donors (Lipinski definition) is 2. The van der Waals surface area contributed by atoms with Gasteiger partial charge in [0.05, 0.1) is 24.9 Å². The number of aryl methyl sites for hydroxylation is 1. The van der Waals surface area contributed by atoms with Gasteiger partial charge in [-0.3, -0.25) is 0 Å². The predicted octanol–water partition coefficient (Wildman–Crippen LogP) is 5.57. The molecular formula is C25H29ClF3N3O2. The zero-order valence-corrected chi connectivity index (χ0v) is 20.2. The van der Waals surface area contributed by atoms with E-state index in [-0.39, 0.29) is 0 Å². The molecule has 4 rings (SSSR count). The molecule has 0 spiro atoms. The van der Waals surface area contributed by atoms with Crippen LogP contribution in [0.15, 0.2) is 36.5 Å². The highest BCUT2D eigenvalue weighted by Crippen LogP contribution is 2.44. The first kappa shape index (κ1) is 24.8. The number of aromatic amines is 1. The van der Waals surface area contributed by atoms with Gasteiger partial charge in [0.2, 0.25) is 0 Å². The van der Waals surface area contributed by atoms with Crippen molar-refractivity contribution in [2.75, 3.05) is 31.2 Å². The molecule has 1 aliphatic heterocycles. The number of anilines is 1. The van der Waals surface area contributed by atoms with Crippen molar-refractivity contribution < 1.29 is 23.0 Å². The van der Waals surface area contributed by atoms with Crippen LogP contribution in [0.25, 0.3) is 10.9 Å². The van der Waals surface area contributed by atoms with E-state index in [0.717, 1.165) is 16.8 Å². The summed E-state index contributed by atoms with van der Waals surface area (Å²) >= 11 is 6.12. The first-order valence-corrected chi connectivity index (χ1v) is 11.6. The standard InChI is InChI=1S/C25H29ClF3N3O2/c1-16-4-5-18(26)12-20(16)23(2,3)15-24(33,25(27,28)29)13-19-10-17-11-22(30-14-21(17)31-19)32-6-8-34-9-7-32/h4-5,10-12,14,31,33H,6-9,13,15H2,1-3H3. The number of fused-ring (bicyclic) bond motifs is 1. The molecule has 5 nitrogen and oxygen atoms in total. The van der Waals surface area contributed by atoms with E-state index in [1.54, 1.807) is 44.3 Å². The smallest absolute Gasteiger partial charge is 0.380 e. The number of aromatic nitrogens is 2. The molecular weight excluding hydrogens is 467 g/mol. The Morgan fingerprint density at radius 2 is 1.85 bits per heavy atom. The van der Waals surface area contributed by atoms with Crippen molar-refractivity contribution in [1.29, 1.82) is 0 Å². The Kier molecular flexibility index (Phi) is 6.61. The van der Waals surface area contributed by atoms with E-state index >= 15 is 0 Å². The molecule has 3 aromatic rings. The van der Waals surface area contributed by atoms with Crippen molar-refractivity contribution in [1.82, 2.24) is 9.97 Å². The van der Waals surface area contributed by atoms with Crippen LogP contribution in [0.5, 0.6) is 0 Å².